The Morgan fingerprint density at radius 2 is 1.67 bits per heavy atom. The van der Waals surface area contributed by atoms with Crippen molar-refractivity contribution in [1.82, 2.24) is 0 Å². The first-order valence-electron chi connectivity index (χ1n) is 5.71. The van der Waals surface area contributed by atoms with E-state index >= 15 is 0 Å². The van der Waals surface area contributed by atoms with Gasteiger partial charge in [0.1, 0.15) is 5.60 Å². The highest BCUT2D eigenvalue weighted by Gasteiger charge is 2.41. The number of halogens is 2. The van der Waals surface area contributed by atoms with Crippen molar-refractivity contribution in [3.05, 3.63) is 0 Å². The van der Waals surface area contributed by atoms with Gasteiger partial charge in [0.05, 0.1) is 0 Å². The van der Waals surface area contributed by atoms with Gasteiger partial charge in [-0.2, -0.15) is 8.78 Å². The Bertz CT molecular complexity index is 306. The van der Waals surface area contributed by atoms with Gasteiger partial charge >= 0.3 is 17.9 Å². The van der Waals surface area contributed by atoms with E-state index in [9.17, 15) is 18.4 Å². The van der Waals surface area contributed by atoms with Crippen molar-refractivity contribution in [2.75, 3.05) is 6.61 Å². The smallest absolute Gasteiger partial charge is 0.377 e. The Kier molecular flexibility index (Phi) is 5.70. The largest absolute Gasteiger partial charge is 0.457 e. The van der Waals surface area contributed by atoms with Crippen LogP contribution in [0.4, 0.5) is 8.78 Å². The van der Waals surface area contributed by atoms with Crippen LogP contribution in [0.3, 0.4) is 0 Å². The highest BCUT2D eigenvalue weighted by molar-refractivity contribution is 5.81. The van der Waals surface area contributed by atoms with E-state index in [-0.39, 0.29) is 5.92 Å². The normalized spacial score (nSPS) is 12.4. The third-order valence-electron chi connectivity index (χ3n) is 1.70. The summed E-state index contributed by atoms with van der Waals surface area (Å²) in [7, 11) is 0. The fraction of sp³-hybridized carbons (Fsp3) is 0.833. The molecule has 0 fully saturated rings. The molecule has 0 radical (unpaired) electrons. The van der Waals surface area contributed by atoms with E-state index in [0.29, 0.717) is 0 Å². The average molecular weight is 266 g/mol. The molecule has 0 saturated heterocycles. The van der Waals surface area contributed by atoms with Crippen molar-refractivity contribution in [2.24, 2.45) is 5.92 Å². The van der Waals surface area contributed by atoms with Gasteiger partial charge in [-0.25, -0.2) is 9.59 Å². The number of rotatable bonds is 5. The maximum atomic E-state index is 13.2. The van der Waals surface area contributed by atoms with Crippen molar-refractivity contribution in [3.8, 4) is 0 Å². The Morgan fingerprint density at radius 3 is 2.06 bits per heavy atom. The number of ether oxygens (including phenoxy) is 2. The molecule has 106 valence electrons. The van der Waals surface area contributed by atoms with Crippen LogP contribution < -0.4 is 0 Å². The van der Waals surface area contributed by atoms with E-state index in [1.54, 1.807) is 34.6 Å². The quantitative estimate of drug-likeness (QED) is 0.718. The van der Waals surface area contributed by atoms with Crippen LogP contribution in [0, 0.1) is 5.92 Å². The van der Waals surface area contributed by atoms with Crippen molar-refractivity contribution >= 4 is 11.9 Å². The molecule has 0 heterocycles. The number of alkyl halides is 2. The lowest BCUT2D eigenvalue weighted by molar-refractivity contribution is -0.182. The fourth-order valence-corrected chi connectivity index (χ4v) is 1.20. The van der Waals surface area contributed by atoms with Gasteiger partial charge < -0.3 is 9.47 Å². The second-order valence-electron chi connectivity index (χ2n) is 5.46. The Balaban J connectivity index is 4.22. The van der Waals surface area contributed by atoms with E-state index < -0.39 is 36.5 Å². The third kappa shape index (κ3) is 7.19. The predicted molar refractivity (Wildman–Crippen MR) is 61.2 cm³/mol. The summed E-state index contributed by atoms with van der Waals surface area (Å²) in [5.41, 5.74) is -0.746. The van der Waals surface area contributed by atoms with Gasteiger partial charge in [-0.3, -0.25) is 0 Å². The number of carbonyl (C=O) groups is 2. The van der Waals surface area contributed by atoms with Crippen molar-refractivity contribution < 1.29 is 27.8 Å². The highest BCUT2D eigenvalue weighted by Crippen LogP contribution is 2.24. The molecule has 0 aromatic carbocycles. The summed E-state index contributed by atoms with van der Waals surface area (Å²) in [4.78, 5) is 22.3. The first kappa shape index (κ1) is 16.8. The van der Waals surface area contributed by atoms with E-state index in [1.807, 2.05) is 0 Å². The molecular formula is C12H20F2O4. The lowest BCUT2D eigenvalue weighted by atomic mass is 10.1. The highest BCUT2D eigenvalue weighted by atomic mass is 19.3. The minimum Gasteiger partial charge on any atom is -0.457 e. The minimum absolute atomic E-state index is 0.353. The van der Waals surface area contributed by atoms with Gasteiger partial charge in [-0.05, 0) is 26.7 Å². The molecule has 18 heavy (non-hydrogen) atoms. The van der Waals surface area contributed by atoms with Crippen LogP contribution in [-0.4, -0.2) is 30.1 Å². The zero-order chi connectivity index (χ0) is 14.6. The number of esters is 2. The maximum absolute atomic E-state index is 13.2. The SMILES string of the molecule is CC(C)CC(F)(F)C(=O)OCC(=O)OC(C)(C)C. The van der Waals surface area contributed by atoms with E-state index in [1.165, 1.54) is 0 Å². The third-order valence-corrected chi connectivity index (χ3v) is 1.70. The summed E-state index contributed by atoms with van der Waals surface area (Å²) in [6.07, 6.45) is -0.611. The molecule has 0 amide bonds. The summed E-state index contributed by atoms with van der Waals surface area (Å²) >= 11 is 0. The molecule has 0 bridgehead atoms. The van der Waals surface area contributed by atoms with E-state index in [0.717, 1.165) is 0 Å². The number of hydrogen-bond acceptors (Lipinski definition) is 4. The molecule has 0 aliphatic carbocycles. The summed E-state index contributed by atoms with van der Waals surface area (Å²) in [6.45, 7) is 7.20. The monoisotopic (exact) mass is 266 g/mol. The molecule has 0 aliphatic heterocycles. The first-order chi connectivity index (χ1) is 7.94. The van der Waals surface area contributed by atoms with Crippen LogP contribution in [-0.2, 0) is 19.1 Å². The molecule has 0 unspecified atom stereocenters. The van der Waals surface area contributed by atoms with Gasteiger partial charge in [0.25, 0.3) is 0 Å². The summed E-state index contributed by atoms with van der Waals surface area (Å²) < 4.78 is 35.5. The standard InChI is InChI=1S/C12H20F2O4/c1-8(2)6-12(13,14)10(16)17-7-9(15)18-11(3,4)5/h8H,6-7H2,1-5H3. The fourth-order valence-electron chi connectivity index (χ4n) is 1.20. The van der Waals surface area contributed by atoms with Crippen LogP contribution in [0.25, 0.3) is 0 Å². The lowest BCUT2D eigenvalue weighted by Gasteiger charge is -2.20. The van der Waals surface area contributed by atoms with Crippen molar-refractivity contribution in [3.63, 3.8) is 0 Å². The topological polar surface area (TPSA) is 52.6 Å². The number of carbonyl (C=O) groups excluding carboxylic acids is 2. The Hall–Kier alpha value is -1.20. The van der Waals surface area contributed by atoms with E-state index in [2.05, 4.69) is 4.74 Å². The molecule has 6 heteroatoms. The molecule has 0 aliphatic rings. The van der Waals surface area contributed by atoms with Gasteiger partial charge in [0.15, 0.2) is 6.61 Å². The van der Waals surface area contributed by atoms with Gasteiger partial charge in [0, 0.05) is 6.42 Å². The van der Waals surface area contributed by atoms with Crippen LogP contribution in [0.15, 0.2) is 0 Å². The predicted octanol–water partition coefficient (Wildman–Crippen LogP) is 2.55. The molecule has 0 spiro atoms. The zero-order valence-corrected chi connectivity index (χ0v) is 11.4. The van der Waals surface area contributed by atoms with Gasteiger partial charge in [-0.15, -0.1) is 0 Å². The van der Waals surface area contributed by atoms with Gasteiger partial charge in [-0.1, -0.05) is 13.8 Å². The van der Waals surface area contributed by atoms with Crippen LogP contribution in [0.5, 0.6) is 0 Å². The van der Waals surface area contributed by atoms with Gasteiger partial charge in [0.2, 0.25) is 0 Å². The van der Waals surface area contributed by atoms with Crippen LogP contribution in [0.2, 0.25) is 0 Å². The zero-order valence-electron chi connectivity index (χ0n) is 11.4. The molecular weight excluding hydrogens is 246 g/mol. The molecule has 0 atom stereocenters. The molecule has 0 aromatic rings. The summed E-state index contributed by atoms with van der Waals surface area (Å²) in [6, 6.07) is 0. The molecule has 0 N–H and O–H groups in total. The minimum atomic E-state index is -3.57. The van der Waals surface area contributed by atoms with Crippen LogP contribution >= 0.6 is 0 Å². The lowest BCUT2D eigenvalue weighted by Crippen LogP contribution is -2.35. The first-order valence-corrected chi connectivity index (χ1v) is 5.71. The molecule has 4 nitrogen and oxygen atoms in total. The van der Waals surface area contributed by atoms with E-state index in [4.69, 9.17) is 4.74 Å². The average Bonchev–Trinajstić information content (AvgIpc) is 2.08. The molecule has 0 rings (SSSR count). The van der Waals surface area contributed by atoms with Crippen LogP contribution in [0.1, 0.15) is 41.0 Å². The van der Waals surface area contributed by atoms with Crippen molar-refractivity contribution in [2.45, 2.75) is 52.6 Å². The van der Waals surface area contributed by atoms with Crippen molar-refractivity contribution in [1.29, 1.82) is 0 Å². The second-order valence-corrected chi connectivity index (χ2v) is 5.46. The second kappa shape index (κ2) is 6.11. The number of hydrogen-bond donors (Lipinski definition) is 0. The Morgan fingerprint density at radius 1 is 1.17 bits per heavy atom. The molecule has 0 aromatic heterocycles. The molecule has 0 saturated carbocycles. The summed E-state index contributed by atoms with van der Waals surface area (Å²) in [5, 5.41) is 0. The summed E-state index contributed by atoms with van der Waals surface area (Å²) in [5.74, 6) is -6.47. The maximum Gasteiger partial charge on any atom is 0.377 e. The Labute approximate surface area is 106 Å².